The molecule has 1 unspecified atom stereocenters. The number of allylic oxidation sites excluding steroid dienone is 1. The fraction of sp³-hybridized carbons (Fsp3) is 0.357. The van der Waals surface area contributed by atoms with E-state index >= 15 is 0 Å². The SMILES string of the molecule is [N-]=[N+]=N/C(=C\c1ccccc1)C1CCCCC1=O. The molecule has 4 nitrogen and oxygen atoms in total. The Hall–Kier alpha value is -2.06. The van der Waals surface area contributed by atoms with Gasteiger partial charge in [-0.25, -0.2) is 0 Å². The molecule has 0 spiro atoms. The number of rotatable bonds is 3. The van der Waals surface area contributed by atoms with Crippen molar-refractivity contribution in [1.82, 2.24) is 0 Å². The molecule has 0 N–H and O–H groups in total. The zero-order valence-corrected chi connectivity index (χ0v) is 10.1. The summed E-state index contributed by atoms with van der Waals surface area (Å²) in [6, 6.07) is 9.63. The van der Waals surface area contributed by atoms with Gasteiger partial charge in [-0.1, -0.05) is 41.9 Å². The van der Waals surface area contributed by atoms with Crippen molar-refractivity contribution < 1.29 is 4.79 Å². The molecule has 0 saturated heterocycles. The minimum atomic E-state index is -0.227. The number of carbonyl (C=O) groups is 1. The lowest BCUT2D eigenvalue weighted by Gasteiger charge is -2.20. The normalized spacial score (nSPS) is 20.3. The molecule has 0 radical (unpaired) electrons. The number of hydrogen-bond donors (Lipinski definition) is 0. The van der Waals surface area contributed by atoms with Crippen LogP contribution in [0.3, 0.4) is 0 Å². The van der Waals surface area contributed by atoms with Crippen LogP contribution in [0.1, 0.15) is 31.2 Å². The van der Waals surface area contributed by atoms with E-state index in [1.165, 1.54) is 0 Å². The summed E-state index contributed by atoms with van der Waals surface area (Å²) >= 11 is 0. The number of azide groups is 1. The van der Waals surface area contributed by atoms with E-state index in [9.17, 15) is 4.79 Å². The highest BCUT2D eigenvalue weighted by Gasteiger charge is 2.25. The summed E-state index contributed by atoms with van der Waals surface area (Å²) in [5, 5.41) is 3.71. The van der Waals surface area contributed by atoms with Crippen LogP contribution in [0.15, 0.2) is 41.1 Å². The molecule has 92 valence electrons. The number of hydrogen-bond acceptors (Lipinski definition) is 2. The van der Waals surface area contributed by atoms with Crippen LogP contribution < -0.4 is 0 Å². The van der Waals surface area contributed by atoms with Crippen LogP contribution in [0, 0.1) is 5.92 Å². The number of carbonyl (C=O) groups excluding carboxylic acids is 1. The van der Waals surface area contributed by atoms with Crippen LogP contribution >= 0.6 is 0 Å². The van der Waals surface area contributed by atoms with E-state index in [0.29, 0.717) is 12.1 Å². The van der Waals surface area contributed by atoms with Crippen molar-refractivity contribution in [3.63, 3.8) is 0 Å². The van der Waals surface area contributed by atoms with Crippen molar-refractivity contribution in [1.29, 1.82) is 0 Å². The summed E-state index contributed by atoms with van der Waals surface area (Å²) in [7, 11) is 0. The fourth-order valence-corrected chi connectivity index (χ4v) is 2.27. The standard InChI is InChI=1S/C14H15N3O/c15-17-16-13(10-11-6-2-1-3-7-11)12-8-4-5-9-14(12)18/h1-3,6-7,10,12H,4-5,8-9H2/b13-10-. The van der Waals surface area contributed by atoms with Crippen molar-refractivity contribution in [2.45, 2.75) is 25.7 Å². The third-order valence-electron chi connectivity index (χ3n) is 3.19. The first-order chi connectivity index (χ1) is 8.81. The third-order valence-corrected chi connectivity index (χ3v) is 3.19. The Morgan fingerprint density at radius 3 is 2.78 bits per heavy atom. The number of Topliss-reactive ketones (excluding diaryl/α,β-unsaturated/α-hetero) is 1. The van der Waals surface area contributed by atoms with Crippen molar-refractivity contribution in [2.24, 2.45) is 11.0 Å². The molecule has 1 aromatic carbocycles. The van der Waals surface area contributed by atoms with E-state index in [4.69, 9.17) is 5.53 Å². The Bertz CT molecular complexity index is 501. The average molecular weight is 241 g/mol. The maximum absolute atomic E-state index is 11.9. The number of benzene rings is 1. The molecule has 1 aliphatic rings. The third kappa shape index (κ3) is 2.99. The van der Waals surface area contributed by atoms with Gasteiger partial charge in [0.2, 0.25) is 0 Å². The van der Waals surface area contributed by atoms with Gasteiger partial charge in [0, 0.05) is 22.9 Å². The van der Waals surface area contributed by atoms with Crippen molar-refractivity contribution in [3.8, 4) is 0 Å². The van der Waals surface area contributed by atoms with Gasteiger partial charge >= 0.3 is 0 Å². The van der Waals surface area contributed by atoms with E-state index in [1.807, 2.05) is 36.4 Å². The molecule has 18 heavy (non-hydrogen) atoms. The predicted molar refractivity (Wildman–Crippen MR) is 70.5 cm³/mol. The summed E-state index contributed by atoms with van der Waals surface area (Å²) in [6.45, 7) is 0. The monoisotopic (exact) mass is 241 g/mol. The second-order valence-corrected chi connectivity index (χ2v) is 4.43. The second-order valence-electron chi connectivity index (χ2n) is 4.43. The summed E-state index contributed by atoms with van der Waals surface area (Å²) in [5.41, 5.74) is 10.1. The zero-order chi connectivity index (χ0) is 12.8. The predicted octanol–water partition coefficient (Wildman–Crippen LogP) is 4.10. The molecule has 0 aliphatic heterocycles. The number of ketones is 1. The summed E-state index contributed by atoms with van der Waals surface area (Å²) < 4.78 is 0. The van der Waals surface area contributed by atoms with E-state index in [0.717, 1.165) is 24.8 Å². The maximum atomic E-state index is 11.9. The smallest absolute Gasteiger partial charge is 0.140 e. The van der Waals surface area contributed by atoms with Crippen LogP contribution in [0.25, 0.3) is 16.5 Å². The molecule has 1 aliphatic carbocycles. The zero-order valence-electron chi connectivity index (χ0n) is 10.1. The average Bonchev–Trinajstić information content (AvgIpc) is 2.40. The summed E-state index contributed by atoms with van der Waals surface area (Å²) in [4.78, 5) is 14.7. The second kappa shape index (κ2) is 6.03. The molecule has 0 bridgehead atoms. The van der Waals surface area contributed by atoms with Gasteiger partial charge in [-0.3, -0.25) is 4.79 Å². The van der Waals surface area contributed by atoms with Gasteiger partial charge < -0.3 is 0 Å². The summed E-state index contributed by atoms with van der Waals surface area (Å²) in [5.74, 6) is -0.0364. The van der Waals surface area contributed by atoms with E-state index in [1.54, 1.807) is 0 Å². The molecule has 1 atom stereocenters. The first-order valence-electron chi connectivity index (χ1n) is 6.15. The van der Waals surface area contributed by atoms with Gasteiger partial charge in [-0.2, -0.15) is 0 Å². The summed E-state index contributed by atoms with van der Waals surface area (Å²) in [6.07, 6.45) is 5.16. The first kappa shape index (κ1) is 12.4. The van der Waals surface area contributed by atoms with E-state index < -0.39 is 0 Å². The van der Waals surface area contributed by atoms with Gasteiger partial charge in [0.05, 0.1) is 0 Å². The lowest BCUT2D eigenvalue weighted by Crippen LogP contribution is -2.20. The Labute approximate surface area is 106 Å². The van der Waals surface area contributed by atoms with Crippen LogP contribution in [-0.4, -0.2) is 5.78 Å². The molecule has 1 saturated carbocycles. The van der Waals surface area contributed by atoms with Crippen LogP contribution in [0.5, 0.6) is 0 Å². The van der Waals surface area contributed by atoms with E-state index in [2.05, 4.69) is 10.0 Å². The molecule has 2 rings (SSSR count). The van der Waals surface area contributed by atoms with Gasteiger partial charge in [0.1, 0.15) is 5.78 Å². The van der Waals surface area contributed by atoms with Crippen LogP contribution in [-0.2, 0) is 4.79 Å². The number of nitrogens with zero attached hydrogens (tertiary/aromatic N) is 3. The topological polar surface area (TPSA) is 65.8 Å². The van der Waals surface area contributed by atoms with Crippen molar-refractivity contribution >= 4 is 11.9 Å². The maximum Gasteiger partial charge on any atom is 0.140 e. The van der Waals surface area contributed by atoms with Gasteiger partial charge in [-0.15, -0.1) is 0 Å². The van der Waals surface area contributed by atoms with Crippen molar-refractivity contribution in [3.05, 3.63) is 52.0 Å². The van der Waals surface area contributed by atoms with Crippen LogP contribution in [0.2, 0.25) is 0 Å². The first-order valence-corrected chi connectivity index (χ1v) is 6.15. The van der Waals surface area contributed by atoms with E-state index in [-0.39, 0.29) is 11.7 Å². The lowest BCUT2D eigenvalue weighted by molar-refractivity contribution is -0.123. The quantitative estimate of drug-likeness (QED) is 0.446. The molecular formula is C14H15N3O. The lowest BCUT2D eigenvalue weighted by atomic mass is 9.85. The van der Waals surface area contributed by atoms with Crippen molar-refractivity contribution in [2.75, 3.05) is 0 Å². The highest BCUT2D eigenvalue weighted by atomic mass is 16.1. The molecular weight excluding hydrogens is 226 g/mol. The van der Waals surface area contributed by atoms with Gasteiger partial charge in [0.15, 0.2) is 0 Å². The molecule has 1 fully saturated rings. The van der Waals surface area contributed by atoms with Crippen LogP contribution in [0.4, 0.5) is 0 Å². The molecule has 0 amide bonds. The Morgan fingerprint density at radius 2 is 2.11 bits per heavy atom. The fourth-order valence-electron chi connectivity index (χ4n) is 2.27. The largest absolute Gasteiger partial charge is 0.299 e. The Kier molecular flexibility index (Phi) is 4.15. The Balaban J connectivity index is 2.30. The highest BCUT2D eigenvalue weighted by molar-refractivity contribution is 5.85. The van der Waals surface area contributed by atoms with Gasteiger partial charge in [0.25, 0.3) is 0 Å². The minimum Gasteiger partial charge on any atom is -0.299 e. The Morgan fingerprint density at radius 1 is 1.33 bits per heavy atom. The molecule has 4 heteroatoms. The molecule has 1 aromatic rings. The molecule has 0 heterocycles. The van der Waals surface area contributed by atoms with Gasteiger partial charge in [-0.05, 0) is 30.0 Å². The minimum absolute atomic E-state index is 0.191. The highest BCUT2D eigenvalue weighted by Crippen LogP contribution is 2.29. The molecule has 0 aromatic heterocycles.